The summed E-state index contributed by atoms with van der Waals surface area (Å²) < 4.78 is 10.1. The van der Waals surface area contributed by atoms with Gasteiger partial charge < -0.3 is 9.47 Å². The first-order valence-electron chi connectivity index (χ1n) is 4.14. The average molecular weight is 190 g/mol. The van der Waals surface area contributed by atoms with Gasteiger partial charge in [-0.15, -0.1) is 11.8 Å². The highest BCUT2D eigenvalue weighted by molar-refractivity contribution is 8.01. The zero-order valence-electron chi connectivity index (χ0n) is 7.41. The van der Waals surface area contributed by atoms with E-state index < -0.39 is 0 Å². The molecule has 0 N–H and O–H groups in total. The molecule has 0 aliphatic carbocycles. The molecule has 1 rings (SSSR count). The van der Waals surface area contributed by atoms with Crippen molar-refractivity contribution in [1.29, 1.82) is 0 Å². The van der Waals surface area contributed by atoms with Gasteiger partial charge in [0.15, 0.2) is 0 Å². The van der Waals surface area contributed by atoms with E-state index in [2.05, 4.69) is 6.92 Å². The number of carbonyl (C=O) groups excluding carboxylic acids is 1. The predicted molar refractivity (Wildman–Crippen MR) is 48.3 cm³/mol. The van der Waals surface area contributed by atoms with Crippen LogP contribution in [0.1, 0.15) is 13.8 Å². The minimum absolute atomic E-state index is 0.117. The van der Waals surface area contributed by atoms with Crippen LogP contribution in [-0.2, 0) is 14.3 Å². The summed E-state index contributed by atoms with van der Waals surface area (Å²) in [6.45, 7) is 5.55. The van der Waals surface area contributed by atoms with Gasteiger partial charge in [0.1, 0.15) is 5.25 Å². The fraction of sp³-hybridized carbons (Fsp3) is 0.875. The number of thioether (sulfide) groups is 1. The van der Waals surface area contributed by atoms with Crippen LogP contribution in [0.4, 0.5) is 0 Å². The minimum Gasteiger partial charge on any atom is -0.465 e. The molecule has 1 aliphatic heterocycles. The van der Waals surface area contributed by atoms with Gasteiger partial charge in [-0.05, 0) is 6.92 Å². The molecule has 3 nitrogen and oxygen atoms in total. The molecule has 0 radical (unpaired) electrons. The summed E-state index contributed by atoms with van der Waals surface area (Å²) in [7, 11) is 0. The van der Waals surface area contributed by atoms with Gasteiger partial charge in [-0.25, -0.2) is 0 Å². The third-order valence-electron chi connectivity index (χ3n) is 1.57. The highest BCUT2D eigenvalue weighted by atomic mass is 32.2. The van der Waals surface area contributed by atoms with Crippen LogP contribution in [0, 0.1) is 0 Å². The van der Waals surface area contributed by atoms with Gasteiger partial charge in [-0.1, -0.05) is 6.92 Å². The Balaban J connectivity index is 2.35. The van der Waals surface area contributed by atoms with Crippen LogP contribution in [0.25, 0.3) is 0 Å². The zero-order valence-corrected chi connectivity index (χ0v) is 8.23. The molecular weight excluding hydrogens is 176 g/mol. The van der Waals surface area contributed by atoms with Crippen LogP contribution in [0.5, 0.6) is 0 Å². The molecule has 0 aromatic rings. The van der Waals surface area contributed by atoms with Gasteiger partial charge in [-0.3, -0.25) is 4.79 Å². The highest BCUT2D eigenvalue weighted by Crippen LogP contribution is 2.23. The molecule has 12 heavy (non-hydrogen) atoms. The fourth-order valence-corrected chi connectivity index (χ4v) is 2.15. The smallest absolute Gasteiger partial charge is 0.321 e. The largest absolute Gasteiger partial charge is 0.465 e. The van der Waals surface area contributed by atoms with E-state index in [1.54, 1.807) is 11.8 Å². The van der Waals surface area contributed by atoms with E-state index in [1.165, 1.54) is 0 Å². The van der Waals surface area contributed by atoms with Gasteiger partial charge in [0.2, 0.25) is 0 Å². The van der Waals surface area contributed by atoms with E-state index in [-0.39, 0.29) is 11.2 Å². The minimum atomic E-state index is -0.144. The van der Waals surface area contributed by atoms with Gasteiger partial charge in [-0.2, -0.15) is 0 Å². The molecule has 0 aromatic carbocycles. The molecule has 0 spiro atoms. The number of carbonyl (C=O) groups is 1. The molecule has 0 amide bonds. The molecule has 1 aliphatic rings. The first-order chi connectivity index (χ1) is 5.74. The molecule has 2 unspecified atom stereocenters. The predicted octanol–water partition coefficient (Wildman–Crippen LogP) is 1.07. The molecule has 2 atom stereocenters. The second-order valence-corrected chi connectivity index (χ2v) is 4.37. The Kier molecular flexibility index (Phi) is 3.88. The number of hydrogen-bond acceptors (Lipinski definition) is 4. The second kappa shape index (κ2) is 4.72. The Morgan fingerprint density at radius 1 is 1.67 bits per heavy atom. The van der Waals surface area contributed by atoms with Crippen LogP contribution >= 0.6 is 11.8 Å². The summed E-state index contributed by atoms with van der Waals surface area (Å²) in [5, 5.41) is 0.279. The SMILES string of the molecule is CCOC(=O)C1COCC(C)S1. The maximum absolute atomic E-state index is 11.2. The van der Waals surface area contributed by atoms with Crippen molar-refractivity contribution < 1.29 is 14.3 Å². The lowest BCUT2D eigenvalue weighted by atomic mass is 10.4. The zero-order chi connectivity index (χ0) is 8.97. The summed E-state index contributed by atoms with van der Waals surface area (Å²) in [6.07, 6.45) is 0. The Morgan fingerprint density at radius 2 is 2.42 bits per heavy atom. The normalized spacial score (nSPS) is 29.8. The maximum Gasteiger partial charge on any atom is 0.321 e. The lowest BCUT2D eigenvalue weighted by Gasteiger charge is -2.24. The molecule has 4 heteroatoms. The average Bonchev–Trinajstić information content (AvgIpc) is 2.05. The third-order valence-corrected chi connectivity index (χ3v) is 2.83. The molecule has 0 bridgehead atoms. The van der Waals surface area contributed by atoms with Crippen LogP contribution in [0.2, 0.25) is 0 Å². The lowest BCUT2D eigenvalue weighted by Crippen LogP contribution is -2.33. The summed E-state index contributed by atoms with van der Waals surface area (Å²) in [5.41, 5.74) is 0. The van der Waals surface area contributed by atoms with Crippen molar-refractivity contribution in [2.75, 3.05) is 19.8 Å². The van der Waals surface area contributed by atoms with E-state index in [0.717, 1.165) is 6.61 Å². The van der Waals surface area contributed by atoms with E-state index in [9.17, 15) is 4.79 Å². The molecule has 0 saturated carbocycles. The van der Waals surface area contributed by atoms with Crippen LogP contribution in [-0.4, -0.2) is 36.3 Å². The first-order valence-corrected chi connectivity index (χ1v) is 5.08. The summed E-state index contributed by atoms with van der Waals surface area (Å²) >= 11 is 1.63. The van der Waals surface area contributed by atoms with Crippen molar-refractivity contribution in [2.45, 2.75) is 24.3 Å². The Bertz CT molecular complexity index is 160. The quantitative estimate of drug-likeness (QED) is 0.610. The number of hydrogen-bond donors (Lipinski definition) is 0. The van der Waals surface area contributed by atoms with Crippen molar-refractivity contribution in [3.05, 3.63) is 0 Å². The molecule has 1 saturated heterocycles. The lowest BCUT2D eigenvalue weighted by molar-refractivity contribution is -0.143. The Labute approximate surface area is 76.8 Å². The number of esters is 1. The number of rotatable bonds is 2. The second-order valence-electron chi connectivity index (χ2n) is 2.72. The van der Waals surface area contributed by atoms with Crippen molar-refractivity contribution in [2.24, 2.45) is 0 Å². The first kappa shape index (κ1) is 9.86. The van der Waals surface area contributed by atoms with Crippen molar-refractivity contribution in [3.63, 3.8) is 0 Å². The van der Waals surface area contributed by atoms with Gasteiger partial charge in [0.25, 0.3) is 0 Å². The summed E-state index contributed by atoms with van der Waals surface area (Å²) in [5.74, 6) is -0.144. The van der Waals surface area contributed by atoms with Crippen molar-refractivity contribution >= 4 is 17.7 Å². The van der Waals surface area contributed by atoms with E-state index in [1.807, 2.05) is 6.92 Å². The molecule has 1 heterocycles. The topological polar surface area (TPSA) is 35.5 Å². The Hall–Kier alpha value is -0.220. The molecular formula is C8H14O3S. The molecule has 70 valence electrons. The van der Waals surface area contributed by atoms with Gasteiger partial charge in [0.05, 0.1) is 19.8 Å². The standard InChI is InChI=1S/C8H14O3S/c1-3-11-8(9)7-5-10-4-6(2)12-7/h6-7H,3-5H2,1-2H3. The Morgan fingerprint density at radius 3 is 3.00 bits per heavy atom. The van der Waals surface area contributed by atoms with Crippen LogP contribution in [0.15, 0.2) is 0 Å². The molecule has 0 aromatic heterocycles. The van der Waals surface area contributed by atoms with E-state index in [4.69, 9.17) is 9.47 Å². The van der Waals surface area contributed by atoms with Gasteiger partial charge in [0, 0.05) is 5.25 Å². The highest BCUT2D eigenvalue weighted by Gasteiger charge is 2.27. The molecule has 1 fully saturated rings. The monoisotopic (exact) mass is 190 g/mol. The fourth-order valence-electron chi connectivity index (χ4n) is 1.06. The van der Waals surface area contributed by atoms with Crippen LogP contribution < -0.4 is 0 Å². The van der Waals surface area contributed by atoms with E-state index in [0.29, 0.717) is 18.5 Å². The van der Waals surface area contributed by atoms with Crippen LogP contribution in [0.3, 0.4) is 0 Å². The maximum atomic E-state index is 11.2. The summed E-state index contributed by atoms with van der Waals surface area (Å²) in [6, 6.07) is 0. The van der Waals surface area contributed by atoms with Gasteiger partial charge >= 0.3 is 5.97 Å². The summed E-state index contributed by atoms with van der Waals surface area (Å²) in [4.78, 5) is 11.2. The van der Waals surface area contributed by atoms with Crippen molar-refractivity contribution in [3.8, 4) is 0 Å². The number of ether oxygens (including phenoxy) is 2. The third kappa shape index (κ3) is 2.68. The van der Waals surface area contributed by atoms with E-state index >= 15 is 0 Å². The van der Waals surface area contributed by atoms with Crippen molar-refractivity contribution in [1.82, 2.24) is 0 Å².